The lowest BCUT2D eigenvalue weighted by molar-refractivity contribution is -0.0373. The van der Waals surface area contributed by atoms with Crippen LogP contribution in [0.1, 0.15) is 55.0 Å². The number of halogens is 1. The Morgan fingerprint density at radius 2 is 2.10 bits per heavy atom. The molecule has 0 saturated carbocycles. The fraction of sp³-hybridized carbons (Fsp3) is 0.565. The smallest absolute Gasteiger partial charge is 0.275 e. The van der Waals surface area contributed by atoms with Gasteiger partial charge in [0.1, 0.15) is 5.75 Å². The van der Waals surface area contributed by atoms with E-state index in [0.29, 0.717) is 36.1 Å². The molecule has 30 heavy (non-hydrogen) atoms. The van der Waals surface area contributed by atoms with E-state index in [1.807, 2.05) is 18.7 Å². The fourth-order valence-electron chi connectivity index (χ4n) is 4.54. The van der Waals surface area contributed by atoms with Crippen LogP contribution in [0.4, 0.5) is 0 Å². The highest BCUT2D eigenvalue weighted by atomic mass is 79.9. The van der Waals surface area contributed by atoms with E-state index >= 15 is 0 Å². The molecule has 0 radical (unpaired) electrons. The molecule has 2 aliphatic rings. The van der Waals surface area contributed by atoms with Crippen LogP contribution < -0.4 is 4.74 Å². The van der Waals surface area contributed by atoms with Gasteiger partial charge in [0.25, 0.3) is 5.91 Å². The second-order valence-electron chi connectivity index (χ2n) is 9.22. The van der Waals surface area contributed by atoms with E-state index < -0.39 is 0 Å². The minimum absolute atomic E-state index is 0.0166. The van der Waals surface area contributed by atoms with Crippen molar-refractivity contribution in [2.45, 2.75) is 52.5 Å². The van der Waals surface area contributed by atoms with Crippen LogP contribution in [0.3, 0.4) is 0 Å². The minimum Gasteiger partial charge on any atom is -0.496 e. The molecule has 1 fully saturated rings. The fourth-order valence-corrected chi connectivity index (χ4v) is 5.12. The maximum Gasteiger partial charge on any atom is 0.275 e. The first kappa shape index (κ1) is 21.4. The third kappa shape index (κ3) is 3.66. The molecule has 0 spiro atoms. The minimum atomic E-state index is -0.345. The predicted molar refractivity (Wildman–Crippen MR) is 120 cm³/mol. The van der Waals surface area contributed by atoms with Crippen molar-refractivity contribution >= 4 is 21.8 Å². The molecule has 1 aromatic heterocycles. The number of methoxy groups -OCH3 is 1. The van der Waals surface area contributed by atoms with Crippen molar-refractivity contribution in [1.29, 1.82) is 0 Å². The standard InChI is InChI=1S/C23H30BrN3O3/c1-14(2)10-16-11-18-15(12-19(16)29-5)6-7-17-20(25-22(24)27(17)18)21(28)26-8-9-30-13-23(26,3)4/h11-12,14H,6-10,13H2,1-5H3. The average Bonchev–Trinajstić information content (AvgIpc) is 3.03. The van der Waals surface area contributed by atoms with Gasteiger partial charge in [0.2, 0.25) is 0 Å². The highest BCUT2D eigenvalue weighted by Gasteiger charge is 2.38. The average molecular weight is 476 g/mol. The maximum absolute atomic E-state index is 13.5. The molecule has 0 N–H and O–H groups in total. The van der Waals surface area contributed by atoms with Gasteiger partial charge in [0, 0.05) is 6.54 Å². The van der Waals surface area contributed by atoms with Gasteiger partial charge in [-0.05, 0) is 78.2 Å². The monoisotopic (exact) mass is 475 g/mol. The summed E-state index contributed by atoms with van der Waals surface area (Å²) >= 11 is 3.63. The maximum atomic E-state index is 13.5. The van der Waals surface area contributed by atoms with Crippen molar-refractivity contribution < 1.29 is 14.3 Å². The van der Waals surface area contributed by atoms with E-state index in [9.17, 15) is 4.79 Å². The summed E-state index contributed by atoms with van der Waals surface area (Å²) in [5.74, 6) is 1.44. The quantitative estimate of drug-likeness (QED) is 0.664. The molecule has 162 valence electrons. The van der Waals surface area contributed by atoms with Gasteiger partial charge in [-0.1, -0.05) is 13.8 Å². The van der Waals surface area contributed by atoms with Crippen molar-refractivity contribution in [1.82, 2.24) is 14.5 Å². The van der Waals surface area contributed by atoms with Gasteiger partial charge in [-0.15, -0.1) is 0 Å². The molecule has 4 rings (SSSR count). The number of imidazole rings is 1. The van der Waals surface area contributed by atoms with E-state index in [1.165, 1.54) is 11.1 Å². The first-order chi connectivity index (χ1) is 14.2. The Bertz CT molecular complexity index is 981. The Hall–Kier alpha value is -1.86. The third-order valence-corrected chi connectivity index (χ3v) is 6.54. The Kier molecular flexibility index (Phi) is 5.70. The summed E-state index contributed by atoms with van der Waals surface area (Å²) in [6.07, 6.45) is 2.56. The number of hydrogen-bond acceptors (Lipinski definition) is 4. The van der Waals surface area contributed by atoms with E-state index in [1.54, 1.807) is 7.11 Å². The molecule has 6 nitrogen and oxygen atoms in total. The lowest BCUT2D eigenvalue weighted by Gasteiger charge is -2.41. The van der Waals surface area contributed by atoms with E-state index in [2.05, 4.69) is 51.5 Å². The zero-order chi connectivity index (χ0) is 21.6. The number of carbonyl (C=O) groups excluding carboxylic acids is 1. The van der Waals surface area contributed by atoms with Gasteiger partial charge in [-0.3, -0.25) is 9.36 Å². The van der Waals surface area contributed by atoms with Crippen LogP contribution in [0.2, 0.25) is 0 Å². The zero-order valence-electron chi connectivity index (χ0n) is 18.4. The molecule has 1 saturated heterocycles. The molecule has 7 heteroatoms. The lowest BCUT2D eigenvalue weighted by atomic mass is 9.94. The van der Waals surface area contributed by atoms with Crippen LogP contribution in [-0.4, -0.2) is 52.8 Å². The van der Waals surface area contributed by atoms with E-state index in [0.717, 1.165) is 36.4 Å². The van der Waals surface area contributed by atoms with Crippen LogP contribution in [0.25, 0.3) is 5.69 Å². The number of fused-ring (bicyclic) bond motifs is 3. The summed E-state index contributed by atoms with van der Waals surface area (Å²) in [6, 6.07) is 4.35. The Morgan fingerprint density at radius 3 is 2.77 bits per heavy atom. The number of aromatic nitrogens is 2. The Balaban J connectivity index is 1.78. The van der Waals surface area contributed by atoms with Crippen LogP contribution in [0.5, 0.6) is 5.75 Å². The molecular weight excluding hydrogens is 446 g/mol. The van der Waals surface area contributed by atoms with Crippen LogP contribution >= 0.6 is 15.9 Å². The SMILES string of the molecule is COc1cc2c(cc1CC(C)C)-n1c(Br)nc(C(=O)N3CCOCC3(C)C)c1CC2. The number of benzene rings is 1. The Labute approximate surface area is 186 Å². The topological polar surface area (TPSA) is 56.6 Å². The molecule has 2 aliphatic heterocycles. The molecule has 2 aromatic rings. The first-order valence-corrected chi connectivity index (χ1v) is 11.4. The summed E-state index contributed by atoms with van der Waals surface area (Å²) in [5, 5.41) is 0. The van der Waals surface area contributed by atoms with Crippen LogP contribution in [0.15, 0.2) is 16.9 Å². The number of hydrogen-bond donors (Lipinski definition) is 0. The number of ether oxygens (including phenoxy) is 2. The second kappa shape index (κ2) is 8.00. The molecule has 3 heterocycles. The highest BCUT2D eigenvalue weighted by Crippen LogP contribution is 2.36. The number of morpholine rings is 1. The first-order valence-electron chi connectivity index (χ1n) is 10.6. The number of aryl methyl sites for hydroxylation is 1. The van der Waals surface area contributed by atoms with Gasteiger partial charge in [-0.25, -0.2) is 4.98 Å². The van der Waals surface area contributed by atoms with Crippen molar-refractivity contribution in [3.63, 3.8) is 0 Å². The van der Waals surface area contributed by atoms with Gasteiger partial charge in [-0.2, -0.15) is 0 Å². The lowest BCUT2D eigenvalue weighted by Crippen LogP contribution is -2.55. The van der Waals surface area contributed by atoms with Crippen molar-refractivity contribution in [3.8, 4) is 11.4 Å². The summed E-state index contributed by atoms with van der Waals surface area (Å²) in [5.41, 5.74) is 4.67. The van der Waals surface area contributed by atoms with Gasteiger partial charge in [0.15, 0.2) is 10.4 Å². The van der Waals surface area contributed by atoms with Gasteiger partial charge in [0.05, 0.1) is 37.2 Å². The molecule has 0 unspecified atom stereocenters. The zero-order valence-corrected chi connectivity index (χ0v) is 20.0. The Morgan fingerprint density at radius 1 is 1.33 bits per heavy atom. The second-order valence-corrected chi connectivity index (χ2v) is 9.93. The highest BCUT2D eigenvalue weighted by molar-refractivity contribution is 9.10. The van der Waals surface area contributed by atoms with Crippen LogP contribution in [0, 0.1) is 5.92 Å². The summed E-state index contributed by atoms with van der Waals surface area (Å²) in [4.78, 5) is 20.1. The molecule has 0 bridgehead atoms. The number of carbonyl (C=O) groups is 1. The van der Waals surface area contributed by atoms with Crippen molar-refractivity contribution in [2.75, 3.05) is 26.9 Å². The van der Waals surface area contributed by atoms with E-state index in [-0.39, 0.29) is 11.4 Å². The molecule has 1 aromatic carbocycles. The largest absolute Gasteiger partial charge is 0.496 e. The van der Waals surface area contributed by atoms with Crippen molar-refractivity contribution in [2.24, 2.45) is 5.92 Å². The summed E-state index contributed by atoms with van der Waals surface area (Å²) < 4.78 is 14.0. The molecule has 0 aliphatic carbocycles. The van der Waals surface area contributed by atoms with E-state index in [4.69, 9.17) is 9.47 Å². The normalized spacial score (nSPS) is 17.6. The van der Waals surface area contributed by atoms with Crippen LogP contribution in [-0.2, 0) is 24.0 Å². The summed E-state index contributed by atoms with van der Waals surface area (Å²) in [7, 11) is 1.73. The number of nitrogens with zero attached hydrogens (tertiary/aromatic N) is 3. The molecular formula is C23H30BrN3O3. The summed E-state index contributed by atoms with van der Waals surface area (Å²) in [6.45, 7) is 10.2. The van der Waals surface area contributed by atoms with Gasteiger partial charge >= 0.3 is 0 Å². The van der Waals surface area contributed by atoms with Crippen molar-refractivity contribution in [3.05, 3.63) is 39.4 Å². The number of rotatable bonds is 4. The predicted octanol–water partition coefficient (Wildman–Crippen LogP) is 4.19. The molecule has 0 atom stereocenters. The molecule has 1 amide bonds. The third-order valence-electron chi connectivity index (χ3n) is 6.01. The van der Waals surface area contributed by atoms with Gasteiger partial charge < -0.3 is 14.4 Å². The number of amides is 1.